The molecular weight excluding hydrogens is 248 g/mol. The molecular formula is C14H24O5. The summed E-state index contributed by atoms with van der Waals surface area (Å²) in [7, 11) is 0. The Labute approximate surface area is 115 Å². The number of ether oxygens (including phenoxy) is 2. The molecule has 0 fully saturated rings. The first-order chi connectivity index (χ1) is 8.78. The summed E-state index contributed by atoms with van der Waals surface area (Å²) in [6, 6.07) is 0. The molecule has 0 heterocycles. The molecule has 0 aliphatic heterocycles. The number of ketones is 1. The SMILES string of the molecule is C=CC(CC)OC(C)=O.CCC(OC(C)=O)C(C)=O. The Morgan fingerprint density at radius 3 is 1.58 bits per heavy atom. The van der Waals surface area contributed by atoms with Crippen LogP contribution in [0.25, 0.3) is 0 Å². The van der Waals surface area contributed by atoms with Crippen molar-refractivity contribution in [2.75, 3.05) is 0 Å². The van der Waals surface area contributed by atoms with Gasteiger partial charge in [-0.1, -0.05) is 26.5 Å². The Bertz CT molecular complexity index is 309. The molecule has 0 radical (unpaired) electrons. The van der Waals surface area contributed by atoms with Crippen LogP contribution in [0.15, 0.2) is 12.7 Å². The van der Waals surface area contributed by atoms with Crippen molar-refractivity contribution in [2.24, 2.45) is 0 Å². The molecule has 0 bridgehead atoms. The van der Waals surface area contributed by atoms with Crippen LogP contribution in [-0.4, -0.2) is 29.9 Å². The highest BCUT2D eigenvalue weighted by molar-refractivity contribution is 5.82. The number of carbonyl (C=O) groups is 3. The van der Waals surface area contributed by atoms with Crippen molar-refractivity contribution in [3.63, 3.8) is 0 Å². The minimum absolute atomic E-state index is 0.0994. The van der Waals surface area contributed by atoms with Crippen LogP contribution in [0.1, 0.15) is 47.5 Å². The maximum Gasteiger partial charge on any atom is 0.303 e. The van der Waals surface area contributed by atoms with Crippen LogP contribution in [0, 0.1) is 0 Å². The van der Waals surface area contributed by atoms with Gasteiger partial charge in [-0.3, -0.25) is 14.4 Å². The zero-order chi connectivity index (χ0) is 15.4. The first-order valence-electron chi connectivity index (χ1n) is 6.25. The van der Waals surface area contributed by atoms with Crippen LogP contribution in [0.3, 0.4) is 0 Å². The van der Waals surface area contributed by atoms with Gasteiger partial charge in [0.25, 0.3) is 0 Å². The summed E-state index contributed by atoms with van der Waals surface area (Å²) in [4.78, 5) is 31.3. The van der Waals surface area contributed by atoms with E-state index in [4.69, 9.17) is 4.74 Å². The van der Waals surface area contributed by atoms with Gasteiger partial charge in [-0.15, -0.1) is 0 Å². The number of hydrogen-bond donors (Lipinski definition) is 0. The second kappa shape index (κ2) is 11.4. The van der Waals surface area contributed by atoms with Gasteiger partial charge in [-0.05, 0) is 19.8 Å². The second-order valence-corrected chi connectivity index (χ2v) is 3.91. The largest absolute Gasteiger partial charge is 0.458 e. The third-order valence-electron chi connectivity index (χ3n) is 2.12. The van der Waals surface area contributed by atoms with Crippen molar-refractivity contribution >= 4 is 17.7 Å². The van der Waals surface area contributed by atoms with Crippen LogP contribution in [0.4, 0.5) is 0 Å². The molecule has 0 aromatic carbocycles. The van der Waals surface area contributed by atoms with Gasteiger partial charge in [0.2, 0.25) is 0 Å². The third kappa shape index (κ3) is 12.6. The summed E-state index contributed by atoms with van der Waals surface area (Å²) in [6.07, 6.45) is 2.32. The average molecular weight is 272 g/mol. The molecule has 0 aliphatic carbocycles. The van der Waals surface area contributed by atoms with E-state index >= 15 is 0 Å². The summed E-state index contributed by atoms with van der Waals surface area (Å²) in [5.41, 5.74) is 0. The highest BCUT2D eigenvalue weighted by Gasteiger charge is 2.13. The molecule has 0 N–H and O–H groups in total. The molecule has 5 nitrogen and oxygen atoms in total. The molecule has 2 unspecified atom stereocenters. The summed E-state index contributed by atoms with van der Waals surface area (Å²) >= 11 is 0. The van der Waals surface area contributed by atoms with E-state index in [-0.39, 0.29) is 17.9 Å². The van der Waals surface area contributed by atoms with Gasteiger partial charge in [-0.2, -0.15) is 0 Å². The van der Waals surface area contributed by atoms with Crippen molar-refractivity contribution in [1.29, 1.82) is 0 Å². The molecule has 0 spiro atoms. The number of carbonyl (C=O) groups excluding carboxylic acids is 3. The molecule has 0 rings (SSSR count). The van der Waals surface area contributed by atoms with E-state index in [9.17, 15) is 14.4 Å². The van der Waals surface area contributed by atoms with E-state index < -0.39 is 12.1 Å². The van der Waals surface area contributed by atoms with Crippen LogP contribution < -0.4 is 0 Å². The van der Waals surface area contributed by atoms with Crippen molar-refractivity contribution in [1.82, 2.24) is 0 Å². The van der Waals surface area contributed by atoms with Crippen LogP contribution >= 0.6 is 0 Å². The minimum atomic E-state index is -0.544. The molecule has 5 heteroatoms. The Morgan fingerprint density at radius 1 is 1.00 bits per heavy atom. The van der Waals surface area contributed by atoms with Gasteiger partial charge in [0.15, 0.2) is 11.9 Å². The summed E-state index contributed by atoms with van der Waals surface area (Å²) in [5, 5.41) is 0. The van der Waals surface area contributed by atoms with Gasteiger partial charge >= 0.3 is 11.9 Å². The molecule has 0 saturated heterocycles. The Balaban J connectivity index is 0. The summed E-state index contributed by atoms with van der Waals surface area (Å²) in [5.74, 6) is -0.749. The van der Waals surface area contributed by atoms with E-state index in [0.717, 1.165) is 6.42 Å². The summed E-state index contributed by atoms with van der Waals surface area (Å²) < 4.78 is 9.46. The normalized spacial score (nSPS) is 12.3. The molecule has 19 heavy (non-hydrogen) atoms. The number of Topliss-reactive ketones (excluding diaryl/α,β-unsaturated/α-hetero) is 1. The topological polar surface area (TPSA) is 69.7 Å². The van der Waals surface area contributed by atoms with E-state index in [0.29, 0.717) is 6.42 Å². The van der Waals surface area contributed by atoms with Crippen LogP contribution in [-0.2, 0) is 23.9 Å². The molecule has 0 aromatic rings. The highest BCUT2D eigenvalue weighted by atomic mass is 16.5. The van der Waals surface area contributed by atoms with Gasteiger partial charge in [0, 0.05) is 13.8 Å². The van der Waals surface area contributed by atoms with Crippen molar-refractivity contribution < 1.29 is 23.9 Å². The van der Waals surface area contributed by atoms with Gasteiger partial charge in [0.1, 0.15) is 6.10 Å². The second-order valence-electron chi connectivity index (χ2n) is 3.91. The standard InChI is InChI=1S/C7H12O3.C7H12O2/c1-4-7(5(2)8)10-6(3)9;1-4-7(5-2)9-6(3)8/h7H,4H2,1-3H3;4,7H,1,5H2,2-3H3. The van der Waals surface area contributed by atoms with E-state index in [1.54, 1.807) is 13.0 Å². The molecule has 110 valence electrons. The first-order valence-corrected chi connectivity index (χ1v) is 6.25. The van der Waals surface area contributed by atoms with E-state index in [1.807, 2.05) is 6.92 Å². The van der Waals surface area contributed by atoms with Crippen LogP contribution in [0.5, 0.6) is 0 Å². The Hall–Kier alpha value is -1.65. The average Bonchev–Trinajstić information content (AvgIpc) is 2.32. The fourth-order valence-electron chi connectivity index (χ4n) is 1.17. The lowest BCUT2D eigenvalue weighted by Crippen LogP contribution is -2.22. The number of hydrogen-bond acceptors (Lipinski definition) is 5. The molecule has 2 atom stereocenters. The predicted molar refractivity (Wildman–Crippen MR) is 72.6 cm³/mol. The summed E-state index contributed by atoms with van der Waals surface area (Å²) in [6.45, 7) is 11.4. The first kappa shape index (κ1) is 19.7. The third-order valence-corrected chi connectivity index (χ3v) is 2.12. The van der Waals surface area contributed by atoms with Crippen molar-refractivity contribution in [3.05, 3.63) is 12.7 Å². The lowest BCUT2D eigenvalue weighted by Gasteiger charge is -2.09. The predicted octanol–water partition coefficient (Wildman–Crippen LogP) is 2.43. The van der Waals surface area contributed by atoms with Gasteiger partial charge in [-0.25, -0.2) is 0 Å². The zero-order valence-electron chi connectivity index (χ0n) is 12.4. The smallest absolute Gasteiger partial charge is 0.303 e. The van der Waals surface area contributed by atoms with Crippen molar-refractivity contribution in [2.45, 2.75) is 59.7 Å². The maximum atomic E-state index is 10.6. The fourth-order valence-corrected chi connectivity index (χ4v) is 1.17. The quantitative estimate of drug-likeness (QED) is 0.548. The number of rotatable bonds is 6. The lowest BCUT2D eigenvalue weighted by atomic mass is 10.2. The van der Waals surface area contributed by atoms with Crippen molar-refractivity contribution in [3.8, 4) is 0 Å². The Kier molecular flexibility index (Phi) is 11.9. The van der Waals surface area contributed by atoms with Crippen LogP contribution in [0.2, 0.25) is 0 Å². The molecule has 0 aromatic heterocycles. The van der Waals surface area contributed by atoms with Gasteiger partial charge in [0.05, 0.1) is 0 Å². The lowest BCUT2D eigenvalue weighted by molar-refractivity contribution is -0.152. The molecule has 0 aliphatic rings. The van der Waals surface area contributed by atoms with E-state index in [2.05, 4.69) is 11.3 Å². The number of esters is 2. The molecule has 0 amide bonds. The fraction of sp³-hybridized carbons (Fsp3) is 0.643. The minimum Gasteiger partial charge on any atom is -0.458 e. The van der Waals surface area contributed by atoms with Gasteiger partial charge < -0.3 is 9.47 Å². The Morgan fingerprint density at radius 2 is 1.47 bits per heavy atom. The highest BCUT2D eigenvalue weighted by Crippen LogP contribution is 1.99. The monoisotopic (exact) mass is 272 g/mol. The van der Waals surface area contributed by atoms with E-state index in [1.165, 1.54) is 20.8 Å². The maximum absolute atomic E-state index is 10.6. The molecule has 0 saturated carbocycles. The zero-order valence-corrected chi connectivity index (χ0v) is 12.4.